The van der Waals surface area contributed by atoms with Crippen molar-refractivity contribution in [2.45, 2.75) is 72.0 Å². The number of aldehydes is 1. The second-order valence-electron chi connectivity index (χ2n) is 8.62. The van der Waals surface area contributed by atoms with E-state index >= 15 is 0 Å². The minimum absolute atomic E-state index is 0.0206. The van der Waals surface area contributed by atoms with E-state index in [1.165, 1.54) is 4.90 Å². The van der Waals surface area contributed by atoms with Crippen molar-refractivity contribution in [1.29, 1.82) is 0 Å². The van der Waals surface area contributed by atoms with E-state index in [-0.39, 0.29) is 23.8 Å². The van der Waals surface area contributed by atoms with Crippen LogP contribution in [0.1, 0.15) is 53.9 Å². The Morgan fingerprint density at radius 2 is 1.84 bits per heavy atom. The number of carbonyl (C=O) groups excluding carboxylic acids is 3. The number of nitrogens with zero attached hydrogens (tertiary/aromatic N) is 2. The van der Waals surface area contributed by atoms with Crippen molar-refractivity contribution in [1.82, 2.24) is 15.1 Å². The van der Waals surface area contributed by atoms with Crippen molar-refractivity contribution in [3.05, 3.63) is 0 Å². The van der Waals surface area contributed by atoms with Gasteiger partial charge in [-0.05, 0) is 37.8 Å². The maximum absolute atomic E-state index is 13.0. The number of carbonyl (C=O) groups is 3. The van der Waals surface area contributed by atoms with Gasteiger partial charge in [-0.15, -0.1) is 0 Å². The number of rotatable bonds is 6. The molecule has 0 spiro atoms. The summed E-state index contributed by atoms with van der Waals surface area (Å²) in [7, 11) is 3.59. The Labute approximate surface area is 152 Å². The maximum atomic E-state index is 13.0. The van der Waals surface area contributed by atoms with Crippen molar-refractivity contribution in [3.8, 4) is 0 Å². The van der Waals surface area contributed by atoms with Crippen LogP contribution in [0.25, 0.3) is 0 Å². The number of likely N-dealkylation sites (tertiary alicyclic amines) is 1. The zero-order valence-corrected chi connectivity index (χ0v) is 16.8. The van der Waals surface area contributed by atoms with Crippen LogP contribution >= 0.6 is 0 Å². The first-order valence-corrected chi connectivity index (χ1v) is 9.23. The smallest absolute Gasteiger partial charge is 0.246 e. The van der Waals surface area contributed by atoms with Crippen LogP contribution in [-0.4, -0.2) is 66.7 Å². The van der Waals surface area contributed by atoms with E-state index in [9.17, 15) is 14.4 Å². The van der Waals surface area contributed by atoms with Gasteiger partial charge >= 0.3 is 0 Å². The fourth-order valence-corrected chi connectivity index (χ4v) is 3.34. The lowest BCUT2D eigenvalue weighted by Crippen LogP contribution is -2.60. The molecule has 6 heteroatoms. The average molecular weight is 354 g/mol. The first kappa shape index (κ1) is 21.6. The SMILES string of the molecule is CC(C)[C@@H](C=O)N(C)C(=O)[C@@H](NC(=O)[C@H]1CCCCN1C)C(C)(C)C. The van der Waals surface area contributed by atoms with Crippen molar-refractivity contribution in [2.24, 2.45) is 11.3 Å². The molecule has 0 aliphatic carbocycles. The Bertz CT molecular complexity index is 485. The fourth-order valence-electron chi connectivity index (χ4n) is 3.34. The first-order valence-electron chi connectivity index (χ1n) is 9.23. The summed E-state index contributed by atoms with van der Waals surface area (Å²) in [6, 6.07) is -1.35. The second-order valence-corrected chi connectivity index (χ2v) is 8.62. The van der Waals surface area contributed by atoms with E-state index in [4.69, 9.17) is 0 Å². The van der Waals surface area contributed by atoms with Crippen LogP contribution in [0.2, 0.25) is 0 Å². The highest BCUT2D eigenvalue weighted by Crippen LogP contribution is 2.24. The van der Waals surface area contributed by atoms with Gasteiger partial charge in [0.05, 0.1) is 12.1 Å². The maximum Gasteiger partial charge on any atom is 0.246 e. The molecule has 1 fully saturated rings. The number of piperidine rings is 1. The molecule has 0 radical (unpaired) electrons. The van der Waals surface area contributed by atoms with Gasteiger partial charge in [-0.25, -0.2) is 0 Å². The molecule has 6 nitrogen and oxygen atoms in total. The van der Waals surface area contributed by atoms with Gasteiger partial charge in [-0.3, -0.25) is 14.5 Å². The molecular weight excluding hydrogens is 318 g/mol. The van der Waals surface area contributed by atoms with E-state index in [2.05, 4.69) is 10.2 Å². The fraction of sp³-hybridized carbons (Fsp3) is 0.842. The Kier molecular flexibility index (Phi) is 7.60. The monoisotopic (exact) mass is 353 g/mol. The molecule has 0 aromatic heterocycles. The highest BCUT2D eigenvalue weighted by molar-refractivity contribution is 5.91. The molecule has 144 valence electrons. The van der Waals surface area contributed by atoms with Gasteiger partial charge < -0.3 is 15.0 Å². The average Bonchev–Trinajstić information content (AvgIpc) is 2.51. The zero-order chi connectivity index (χ0) is 19.4. The quantitative estimate of drug-likeness (QED) is 0.738. The minimum Gasteiger partial charge on any atom is -0.342 e. The summed E-state index contributed by atoms with van der Waals surface area (Å²) in [6.45, 7) is 10.5. The standard InChI is InChI=1S/C19H35N3O3/c1-13(2)15(12-23)22(7)18(25)16(19(3,4)5)20-17(24)14-10-8-9-11-21(14)6/h12-16H,8-11H2,1-7H3,(H,20,24)/t14-,15-,16-/m1/s1. The molecule has 1 saturated heterocycles. The molecule has 0 aromatic carbocycles. The molecule has 3 atom stereocenters. The molecule has 0 unspecified atom stereocenters. The molecule has 1 aliphatic rings. The van der Waals surface area contributed by atoms with Crippen molar-refractivity contribution in [3.63, 3.8) is 0 Å². The molecule has 1 heterocycles. The summed E-state index contributed by atoms with van der Waals surface area (Å²) in [5.41, 5.74) is -0.446. The van der Waals surface area contributed by atoms with Crippen molar-refractivity contribution < 1.29 is 14.4 Å². The predicted octanol–water partition coefficient (Wildman–Crippen LogP) is 1.68. The summed E-state index contributed by atoms with van der Waals surface area (Å²) in [6.07, 6.45) is 3.74. The number of likely N-dealkylation sites (N-methyl/N-ethyl adjacent to an activating group) is 2. The zero-order valence-electron chi connectivity index (χ0n) is 16.8. The second kappa shape index (κ2) is 8.79. The van der Waals surface area contributed by atoms with Crippen LogP contribution in [0.4, 0.5) is 0 Å². The van der Waals surface area contributed by atoms with Gasteiger partial charge in [-0.2, -0.15) is 0 Å². The van der Waals surface area contributed by atoms with Crippen LogP contribution < -0.4 is 5.32 Å². The van der Waals surface area contributed by atoms with Gasteiger partial charge in [0, 0.05) is 7.05 Å². The molecule has 0 saturated carbocycles. The summed E-state index contributed by atoms with van der Waals surface area (Å²) >= 11 is 0. The van der Waals surface area contributed by atoms with Crippen LogP contribution in [0.5, 0.6) is 0 Å². The Morgan fingerprint density at radius 3 is 2.28 bits per heavy atom. The molecule has 1 rings (SSSR count). The van der Waals surface area contributed by atoms with Crippen LogP contribution in [0.15, 0.2) is 0 Å². The summed E-state index contributed by atoms with van der Waals surface area (Å²) in [4.78, 5) is 40.7. The van der Waals surface area contributed by atoms with Gasteiger partial charge in [0.25, 0.3) is 0 Å². The number of hydrogen-bond acceptors (Lipinski definition) is 4. The number of nitrogens with one attached hydrogen (secondary N) is 1. The van der Waals surface area contributed by atoms with E-state index in [0.29, 0.717) is 0 Å². The molecule has 1 N–H and O–H groups in total. The lowest BCUT2D eigenvalue weighted by atomic mass is 9.85. The Hall–Kier alpha value is -1.43. The molecule has 1 aliphatic heterocycles. The Morgan fingerprint density at radius 1 is 1.24 bits per heavy atom. The van der Waals surface area contributed by atoms with Gasteiger partial charge in [0.1, 0.15) is 12.3 Å². The van der Waals surface area contributed by atoms with Crippen molar-refractivity contribution in [2.75, 3.05) is 20.6 Å². The molecule has 0 aromatic rings. The predicted molar refractivity (Wildman–Crippen MR) is 99.1 cm³/mol. The highest BCUT2D eigenvalue weighted by atomic mass is 16.2. The van der Waals surface area contributed by atoms with Crippen molar-refractivity contribution >= 4 is 18.1 Å². The number of amides is 2. The van der Waals surface area contributed by atoms with Crippen LogP contribution in [0, 0.1) is 11.3 Å². The van der Waals surface area contributed by atoms with Gasteiger partial charge in [0.15, 0.2) is 0 Å². The largest absolute Gasteiger partial charge is 0.342 e. The molecule has 2 amide bonds. The normalized spacial score (nSPS) is 21.5. The summed E-state index contributed by atoms with van der Waals surface area (Å²) in [5, 5.41) is 2.97. The van der Waals surface area contributed by atoms with Gasteiger partial charge in [0.2, 0.25) is 11.8 Å². The lowest BCUT2D eigenvalue weighted by Gasteiger charge is -2.38. The first-order chi connectivity index (χ1) is 11.5. The number of hydrogen-bond donors (Lipinski definition) is 1. The van der Waals surface area contributed by atoms with E-state index in [0.717, 1.165) is 32.1 Å². The Balaban J connectivity index is 2.95. The van der Waals surface area contributed by atoms with E-state index in [1.54, 1.807) is 7.05 Å². The highest BCUT2D eigenvalue weighted by Gasteiger charge is 2.39. The van der Waals surface area contributed by atoms with E-state index in [1.807, 2.05) is 41.7 Å². The summed E-state index contributed by atoms with van der Waals surface area (Å²) < 4.78 is 0. The topological polar surface area (TPSA) is 69.7 Å². The third kappa shape index (κ3) is 5.53. The van der Waals surface area contributed by atoms with Crippen LogP contribution in [-0.2, 0) is 14.4 Å². The van der Waals surface area contributed by atoms with E-state index < -0.39 is 17.5 Å². The third-order valence-corrected chi connectivity index (χ3v) is 5.09. The van der Waals surface area contributed by atoms with Crippen LogP contribution in [0.3, 0.4) is 0 Å². The lowest BCUT2D eigenvalue weighted by molar-refractivity contribution is -0.143. The molecular formula is C19H35N3O3. The molecule has 0 bridgehead atoms. The minimum atomic E-state index is -0.665. The third-order valence-electron chi connectivity index (χ3n) is 5.09. The summed E-state index contributed by atoms with van der Waals surface area (Å²) in [5.74, 6) is -0.298. The molecule has 25 heavy (non-hydrogen) atoms. The van der Waals surface area contributed by atoms with Gasteiger partial charge in [-0.1, -0.05) is 41.0 Å².